The number of fused-ring (bicyclic) bond motifs is 1. The van der Waals surface area contributed by atoms with E-state index < -0.39 is 62.2 Å². The van der Waals surface area contributed by atoms with Crippen LogP contribution in [0.3, 0.4) is 0 Å². The highest BCUT2D eigenvalue weighted by Crippen LogP contribution is 2.50. The maximum Gasteiger partial charge on any atom is 0.459 e. The minimum absolute atomic E-state index is 0.0413. The molecule has 51 heavy (non-hydrogen) atoms. The lowest BCUT2D eigenvalue weighted by Crippen LogP contribution is -2.49. The second kappa shape index (κ2) is 16.7. The minimum Gasteiger partial charge on any atom is -0.464 e. The summed E-state index contributed by atoms with van der Waals surface area (Å²) in [6.45, 7) is 5.03. The molecular formula is C34H42N5O11P. The molecule has 0 aliphatic carbocycles. The lowest BCUT2D eigenvalue weighted by molar-refractivity contribution is -0.169. The molecule has 0 saturated carbocycles. The van der Waals surface area contributed by atoms with Gasteiger partial charge in [0.15, 0.2) is 12.2 Å². The van der Waals surface area contributed by atoms with E-state index in [2.05, 4.69) is 10.2 Å². The fraction of sp³-hybridized carbons (Fsp3) is 0.500. The molecule has 2 aliphatic rings. The van der Waals surface area contributed by atoms with Crippen molar-refractivity contribution in [1.29, 1.82) is 5.26 Å². The van der Waals surface area contributed by atoms with E-state index in [1.807, 2.05) is 6.07 Å². The third-order valence-corrected chi connectivity index (χ3v) is 10.1. The number of aromatic nitrogens is 2. The molecule has 2 fully saturated rings. The highest BCUT2D eigenvalue weighted by atomic mass is 31.2. The number of hydrogen-bond donors (Lipinski definition) is 2. The Labute approximate surface area is 295 Å². The normalized spacial score (nSPS) is 23.8. The van der Waals surface area contributed by atoms with E-state index in [1.165, 1.54) is 29.8 Å². The quantitative estimate of drug-likeness (QED) is 0.128. The summed E-state index contributed by atoms with van der Waals surface area (Å²) in [5, 5.41) is 17.7. The van der Waals surface area contributed by atoms with Crippen molar-refractivity contribution in [3.05, 3.63) is 60.4 Å². The molecule has 16 nitrogen and oxygen atoms in total. The van der Waals surface area contributed by atoms with Gasteiger partial charge in [0.2, 0.25) is 5.60 Å². The standard InChI is InChI=1S/C34H42N5O11P/c1-4-28(40)47-31-30(27-12-11-26-25(36)13-16-37-39(26)27)49-34(20-35,32(31)48-29(41)5-2)21-46-51(43,50-24-9-7-6-8-10-24)38-22(3)33(42)45-19-23-14-17-44-18-15-23/h6-13,16,22-23,30-32H,4-5,14-15,17-19,21,36H2,1-3H3,(H,38,43)/t22-,30-,31-,32-,34+,51?/m0/s1. The number of nitrogens with two attached hydrogens (primary N) is 1. The predicted octanol–water partition coefficient (Wildman–Crippen LogP) is 4.05. The number of nitrogen functional groups attached to an aromatic ring is 1. The smallest absolute Gasteiger partial charge is 0.459 e. The highest BCUT2D eigenvalue weighted by Gasteiger charge is 2.62. The largest absolute Gasteiger partial charge is 0.464 e. The van der Waals surface area contributed by atoms with Crippen LogP contribution in [-0.2, 0) is 47.2 Å². The Kier molecular flexibility index (Phi) is 12.3. The molecule has 0 radical (unpaired) electrons. The van der Waals surface area contributed by atoms with Crippen LogP contribution in [0.15, 0.2) is 54.7 Å². The van der Waals surface area contributed by atoms with E-state index in [0.29, 0.717) is 30.1 Å². The van der Waals surface area contributed by atoms with E-state index in [0.717, 1.165) is 12.8 Å². The number of esters is 3. The summed E-state index contributed by atoms with van der Waals surface area (Å²) in [5.41, 5.74) is 5.16. The molecule has 5 rings (SSSR count). The number of nitrogens with one attached hydrogen (secondary N) is 1. The molecule has 0 bridgehead atoms. The van der Waals surface area contributed by atoms with Crippen LogP contribution in [0.25, 0.3) is 5.52 Å². The van der Waals surface area contributed by atoms with E-state index in [1.54, 1.807) is 50.2 Å². The number of nitrogens with zero attached hydrogens (tertiary/aromatic N) is 3. The molecule has 1 unspecified atom stereocenters. The number of benzene rings is 1. The van der Waals surface area contributed by atoms with Gasteiger partial charge < -0.3 is 33.9 Å². The average molecular weight is 728 g/mol. The molecule has 2 saturated heterocycles. The predicted molar refractivity (Wildman–Crippen MR) is 180 cm³/mol. The number of rotatable bonds is 15. The van der Waals surface area contributed by atoms with Crippen molar-refractivity contribution in [3.8, 4) is 11.8 Å². The van der Waals surface area contributed by atoms with Gasteiger partial charge in [-0.3, -0.25) is 18.9 Å². The van der Waals surface area contributed by atoms with Gasteiger partial charge in [0, 0.05) is 32.3 Å². The fourth-order valence-corrected chi connectivity index (χ4v) is 7.21. The zero-order valence-corrected chi connectivity index (χ0v) is 29.5. The van der Waals surface area contributed by atoms with Gasteiger partial charge in [0.05, 0.1) is 23.5 Å². The van der Waals surface area contributed by atoms with Crippen molar-refractivity contribution >= 4 is 36.9 Å². The zero-order chi connectivity index (χ0) is 36.6. The van der Waals surface area contributed by atoms with Gasteiger partial charge in [0.1, 0.15) is 30.6 Å². The van der Waals surface area contributed by atoms with Crippen LogP contribution in [0, 0.1) is 17.2 Å². The first-order valence-corrected chi connectivity index (χ1v) is 18.3. The van der Waals surface area contributed by atoms with E-state index >= 15 is 0 Å². The van der Waals surface area contributed by atoms with Crippen LogP contribution in [0.2, 0.25) is 0 Å². The van der Waals surface area contributed by atoms with Crippen molar-refractivity contribution in [2.45, 2.75) is 76.4 Å². The average Bonchev–Trinajstić information content (AvgIpc) is 3.70. The summed E-state index contributed by atoms with van der Waals surface area (Å²) in [5.74, 6) is -1.85. The summed E-state index contributed by atoms with van der Waals surface area (Å²) in [4.78, 5) is 38.6. The molecule has 2 aliphatic heterocycles. The molecule has 274 valence electrons. The molecule has 0 amide bonds. The molecule has 3 N–H and O–H groups in total. The van der Waals surface area contributed by atoms with Crippen molar-refractivity contribution in [1.82, 2.24) is 14.7 Å². The number of ether oxygens (including phenoxy) is 5. The summed E-state index contributed by atoms with van der Waals surface area (Å²) >= 11 is 0. The summed E-state index contributed by atoms with van der Waals surface area (Å²) in [7, 11) is -4.55. The molecule has 17 heteroatoms. The van der Waals surface area contributed by atoms with Gasteiger partial charge in [-0.2, -0.15) is 15.4 Å². The number of carbonyl (C=O) groups is 3. The fourth-order valence-electron chi connectivity index (χ4n) is 5.69. The Morgan fingerprint density at radius 1 is 1.10 bits per heavy atom. The van der Waals surface area contributed by atoms with Gasteiger partial charge >= 0.3 is 25.7 Å². The second-order valence-electron chi connectivity index (χ2n) is 12.2. The monoisotopic (exact) mass is 727 g/mol. The zero-order valence-electron chi connectivity index (χ0n) is 28.6. The second-order valence-corrected chi connectivity index (χ2v) is 13.9. The first kappa shape index (κ1) is 37.7. The molecule has 3 aromatic rings. The number of nitriles is 1. The maximum absolute atomic E-state index is 14.5. The van der Waals surface area contributed by atoms with Crippen molar-refractivity contribution in [2.75, 3.05) is 32.2 Å². The third kappa shape index (κ3) is 8.87. The summed E-state index contributed by atoms with van der Waals surface area (Å²) in [6, 6.07) is 13.8. The minimum atomic E-state index is -4.55. The van der Waals surface area contributed by atoms with Gasteiger partial charge in [0.25, 0.3) is 0 Å². The SMILES string of the molecule is CCC(=O)O[C@H]1[C@H](c2ccc3c(N)ccnn23)O[C@](C#N)(COP(=O)(N[C@@H](C)C(=O)OCC2CCOCC2)Oc2ccccc2)[C@H]1OC(=O)CC. The number of hydrogen-bond acceptors (Lipinski definition) is 14. The molecule has 6 atom stereocenters. The number of anilines is 1. The van der Waals surface area contributed by atoms with Crippen LogP contribution < -0.4 is 15.3 Å². The summed E-state index contributed by atoms with van der Waals surface area (Å²) in [6.07, 6.45) is -1.38. The van der Waals surface area contributed by atoms with Crippen LogP contribution in [0.1, 0.15) is 58.3 Å². The molecule has 1 aromatic carbocycles. The Morgan fingerprint density at radius 3 is 2.49 bits per heavy atom. The van der Waals surface area contributed by atoms with Gasteiger partial charge in [-0.1, -0.05) is 32.0 Å². The Balaban J connectivity index is 1.47. The van der Waals surface area contributed by atoms with Crippen LogP contribution in [0.4, 0.5) is 5.69 Å². The first-order valence-electron chi connectivity index (χ1n) is 16.7. The highest BCUT2D eigenvalue weighted by molar-refractivity contribution is 7.52. The van der Waals surface area contributed by atoms with Crippen molar-refractivity contribution < 1.29 is 51.7 Å². The maximum atomic E-state index is 14.5. The number of carbonyl (C=O) groups excluding carboxylic acids is 3. The lowest BCUT2D eigenvalue weighted by atomic mass is 9.95. The Hall–Kier alpha value is -4.52. The van der Waals surface area contributed by atoms with Crippen molar-refractivity contribution in [2.24, 2.45) is 5.92 Å². The first-order chi connectivity index (χ1) is 24.5. The van der Waals surface area contributed by atoms with Crippen molar-refractivity contribution in [3.63, 3.8) is 0 Å². The third-order valence-electron chi connectivity index (χ3n) is 8.52. The molecule has 4 heterocycles. The van der Waals surface area contributed by atoms with Gasteiger partial charge in [-0.25, -0.2) is 9.08 Å². The molecular weight excluding hydrogens is 685 g/mol. The number of para-hydroxylation sites is 1. The Bertz CT molecular complexity index is 1780. The summed E-state index contributed by atoms with van der Waals surface area (Å²) < 4.78 is 56.4. The van der Waals surface area contributed by atoms with Crippen LogP contribution >= 0.6 is 7.75 Å². The molecule has 2 aromatic heterocycles. The van der Waals surface area contributed by atoms with E-state index in [-0.39, 0.29) is 31.1 Å². The lowest BCUT2D eigenvalue weighted by Gasteiger charge is -2.30. The van der Waals surface area contributed by atoms with E-state index in [9.17, 15) is 24.2 Å². The molecule has 0 spiro atoms. The van der Waals surface area contributed by atoms with Gasteiger partial charge in [-0.15, -0.1) is 0 Å². The Morgan fingerprint density at radius 2 is 1.80 bits per heavy atom. The topological polar surface area (TPSA) is 212 Å². The van der Waals surface area contributed by atoms with Crippen LogP contribution in [-0.4, -0.2) is 77.8 Å². The van der Waals surface area contributed by atoms with E-state index in [4.69, 9.17) is 38.5 Å². The van der Waals surface area contributed by atoms with Gasteiger partial charge in [-0.05, 0) is 56.0 Å². The van der Waals surface area contributed by atoms with Crippen LogP contribution in [0.5, 0.6) is 5.75 Å².